The molecule has 32 heavy (non-hydrogen) atoms. The fourth-order valence-corrected chi connectivity index (χ4v) is 4.78. The standard InChI is InChI=1S/C24H19N5OS2/c31-30-15-14-27-23-20-19(17-10-4-6-12-25-17)21(16-8-2-1-3-9-16)32-24(20)29-22(28-23)18-11-5-7-13-26-18/h1-13,31H,14-15H2,(H,27,28,29). The first-order chi connectivity index (χ1) is 15.8. The van der Waals surface area contributed by atoms with Crippen LogP contribution in [0.2, 0.25) is 0 Å². The maximum absolute atomic E-state index is 4.95. The zero-order chi connectivity index (χ0) is 21.8. The topological polar surface area (TPSA) is 72.8 Å². The molecule has 0 aliphatic carbocycles. The van der Waals surface area contributed by atoms with E-state index in [0.29, 0.717) is 19.0 Å². The molecule has 0 atom stereocenters. The van der Waals surface area contributed by atoms with Gasteiger partial charge in [0.25, 0.3) is 0 Å². The van der Waals surface area contributed by atoms with Gasteiger partial charge in [-0.15, -0.1) is 11.3 Å². The Morgan fingerprint density at radius 1 is 0.844 bits per heavy atom. The molecule has 0 unspecified atom stereocenters. The molecule has 0 radical (unpaired) electrons. The number of hydrogen-bond acceptors (Lipinski definition) is 8. The summed E-state index contributed by atoms with van der Waals surface area (Å²) in [6, 6.07) is 21.9. The van der Waals surface area contributed by atoms with E-state index in [-0.39, 0.29) is 0 Å². The van der Waals surface area contributed by atoms with E-state index in [9.17, 15) is 0 Å². The van der Waals surface area contributed by atoms with Crippen molar-refractivity contribution in [2.75, 3.05) is 18.5 Å². The van der Waals surface area contributed by atoms with Crippen LogP contribution < -0.4 is 5.32 Å². The van der Waals surface area contributed by atoms with Gasteiger partial charge in [-0.1, -0.05) is 42.5 Å². The molecule has 4 aromatic heterocycles. The van der Waals surface area contributed by atoms with Gasteiger partial charge in [-0.2, -0.15) is 0 Å². The third-order valence-electron chi connectivity index (χ3n) is 4.89. The van der Waals surface area contributed by atoms with Crippen molar-refractivity contribution in [2.45, 2.75) is 0 Å². The minimum Gasteiger partial charge on any atom is -0.367 e. The summed E-state index contributed by atoms with van der Waals surface area (Å²) in [6.45, 7) is 0.984. The molecule has 5 aromatic rings. The lowest BCUT2D eigenvalue weighted by atomic mass is 10.0. The summed E-state index contributed by atoms with van der Waals surface area (Å²) >= 11 is 5.49. The maximum Gasteiger partial charge on any atom is 0.181 e. The lowest BCUT2D eigenvalue weighted by molar-refractivity contribution is 0.400. The van der Waals surface area contributed by atoms with Gasteiger partial charge in [0, 0.05) is 29.4 Å². The van der Waals surface area contributed by atoms with Crippen molar-refractivity contribution in [1.29, 1.82) is 0 Å². The molecule has 0 saturated carbocycles. The number of nitrogens with one attached hydrogen (secondary N) is 1. The smallest absolute Gasteiger partial charge is 0.181 e. The zero-order valence-electron chi connectivity index (χ0n) is 17.0. The van der Waals surface area contributed by atoms with E-state index in [1.807, 2.05) is 54.6 Å². The Morgan fingerprint density at radius 3 is 2.25 bits per heavy atom. The summed E-state index contributed by atoms with van der Waals surface area (Å²) in [5.41, 5.74) is 3.72. The number of anilines is 1. The number of nitrogens with zero attached hydrogens (tertiary/aromatic N) is 4. The van der Waals surface area contributed by atoms with Gasteiger partial charge in [0.15, 0.2) is 5.82 Å². The van der Waals surface area contributed by atoms with Gasteiger partial charge in [-0.3, -0.25) is 9.97 Å². The molecular formula is C24H19N5OS2. The Balaban J connectivity index is 1.79. The van der Waals surface area contributed by atoms with Crippen molar-refractivity contribution < 1.29 is 4.18 Å². The molecule has 6 nitrogen and oxygen atoms in total. The van der Waals surface area contributed by atoms with Crippen molar-refractivity contribution in [3.05, 3.63) is 79.1 Å². The third-order valence-corrected chi connectivity index (χ3v) is 6.20. The SMILES string of the molecule is SOCCNc1nc(-c2ccccn2)nc2sc(-c3ccccc3)c(-c3ccccn3)c12. The summed E-state index contributed by atoms with van der Waals surface area (Å²) < 4.78 is 4.95. The van der Waals surface area contributed by atoms with Gasteiger partial charge in [-0.25, -0.2) is 9.97 Å². The van der Waals surface area contributed by atoms with Crippen LogP contribution in [0.4, 0.5) is 5.82 Å². The second-order valence-corrected chi connectivity index (χ2v) is 8.20. The van der Waals surface area contributed by atoms with Crippen molar-refractivity contribution in [2.24, 2.45) is 0 Å². The molecule has 0 aliphatic heterocycles. The van der Waals surface area contributed by atoms with Crippen LogP contribution in [0.3, 0.4) is 0 Å². The summed E-state index contributed by atoms with van der Waals surface area (Å²) in [7, 11) is 0. The average Bonchev–Trinajstić information content (AvgIpc) is 3.25. The van der Waals surface area contributed by atoms with Crippen LogP contribution in [-0.4, -0.2) is 33.1 Å². The number of aromatic nitrogens is 4. The second-order valence-electron chi connectivity index (χ2n) is 6.94. The minimum atomic E-state index is 0.433. The highest BCUT2D eigenvalue weighted by Crippen LogP contribution is 2.46. The summed E-state index contributed by atoms with van der Waals surface area (Å²) in [4.78, 5) is 20.8. The second kappa shape index (κ2) is 9.44. The summed E-state index contributed by atoms with van der Waals surface area (Å²) in [5.74, 6) is 1.29. The molecular weight excluding hydrogens is 438 g/mol. The van der Waals surface area contributed by atoms with Crippen molar-refractivity contribution >= 4 is 40.3 Å². The molecule has 0 fully saturated rings. The van der Waals surface area contributed by atoms with Crippen LogP contribution in [0.5, 0.6) is 0 Å². The Labute approximate surface area is 195 Å². The number of hydrogen-bond donors (Lipinski definition) is 2. The highest BCUT2D eigenvalue weighted by Gasteiger charge is 2.22. The highest BCUT2D eigenvalue weighted by molar-refractivity contribution is 7.75. The predicted octanol–water partition coefficient (Wildman–Crippen LogP) is 5.76. The van der Waals surface area contributed by atoms with Gasteiger partial charge in [0.2, 0.25) is 0 Å². The average molecular weight is 458 g/mol. The van der Waals surface area contributed by atoms with E-state index >= 15 is 0 Å². The van der Waals surface area contributed by atoms with Gasteiger partial charge in [-0.05, 0) is 42.7 Å². The number of thiol groups is 1. The molecule has 0 amide bonds. The van der Waals surface area contributed by atoms with Crippen LogP contribution in [0.1, 0.15) is 0 Å². The van der Waals surface area contributed by atoms with Crippen LogP contribution >= 0.6 is 24.2 Å². The Hall–Kier alpha value is -3.33. The van der Waals surface area contributed by atoms with Crippen LogP contribution in [0.15, 0.2) is 79.1 Å². The van der Waals surface area contributed by atoms with E-state index in [0.717, 1.165) is 43.4 Å². The quantitative estimate of drug-likeness (QED) is 0.184. The predicted molar refractivity (Wildman–Crippen MR) is 133 cm³/mol. The Morgan fingerprint density at radius 2 is 1.56 bits per heavy atom. The van der Waals surface area contributed by atoms with E-state index in [4.69, 9.17) is 14.2 Å². The zero-order valence-corrected chi connectivity index (χ0v) is 18.7. The lowest BCUT2D eigenvalue weighted by Crippen LogP contribution is -2.09. The largest absolute Gasteiger partial charge is 0.367 e. The molecule has 1 N–H and O–H groups in total. The normalized spacial score (nSPS) is 11.0. The van der Waals surface area contributed by atoms with Crippen molar-refractivity contribution in [3.8, 4) is 33.2 Å². The van der Waals surface area contributed by atoms with Gasteiger partial charge >= 0.3 is 0 Å². The molecule has 0 saturated heterocycles. The number of benzene rings is 1. The lowest BCUT2D eigenvalue weighted by Gasteiger charge is -2.10. The molecule has 0 spiro atoms. The van der Waals surface area contributed by atoms with Gasteiger partial charge in [0.1, 0.15) is 16.3 Å². The highest BCUT2D eigenvalue weighted by atomic mass is 32.1. The Bertz CT molecular complexity index is 1330. The molecule has 5 rings (SSSR count). The van der Waals surface area contributed by atoms with Crippen molar-refractivity contribution in [1.82, 2.24) is 19.9 Å². The first kappa shape index (κ1) is 20.6. The molecule has 1 aromatic carbocycles. The fraction of sp³-hybridized carbons (Fsp3) is 0.0833. The van der Waals surface area contributed by atoms with Crippen molar-refractivity contribution in [3.63, 3.8) is 0 Å². The molecule has 8 heteroatoms. The first-order valence-electron chi connectivity index (χ1n) is 10.1. The molecule has 0 aliphatic rings. The van der Waals surface area contributed by atoms with Gasteiger partial charge < -0.3 is 9.50 Å². The van der Waals surface area contributed by atoms with E-state index in [2.05, 4.69) is 40.3 Å². The fourth-order valence-electron chi connectivity index (χ4n) is 3.50. The number of fused-ring (bicyclic) bond motifs is 1. The van der Waals surface area contributed by atoms with Crippen LogP contribution in [-0.2, 0) is 4.18 Å². The summed E-state index contributed by atoms with van der Waals surface area (Å²) in [5, 5.41) is 4.34. The first-order valence-corrected chi connectivity index (χ1v) is 11.3. The van der Waals surface area contributed by atoms with Crippen LogP contribution in [0.25, 0.3) is 43.4 Å². The number of rotatable bonds is 7. The number of pyridine rings is 2. The maximum atomic E-state index is 4.95. The third kappa shape index (κ3) is 4.08. The molecule has 4 heterocycles. The summed E-state index contributed by atoms with van der Waals surface area (Å²) in [6.07, 6.45) is 3.55. The number of thiophene rings is 1. The van der Waals surface area contributed by atoms with E-state index < -0.39 is 0 Å². The van der Waals surface area contributed by atoms with E-state index in [1.165, 1.54) is 0 Å². The molecule has 158 valence electrons. The van der Waals surface area contributed by atoms with Gasteiger partial charge in [0.05, 0.1) is 17.7 Å². The minimum absolute atomic E-state index is 0.433. The Kier molecular flexibility index (Phi) is 6.06. The monoisotopic (exact) mass is 457 g/mol. The van der Waals surface area contributed by atoms with E-state index in [1.54, 1.807) is 23.7 Å². The molecule has 0 bridgehead atoms. The van der Waals surface area contributed by atoms with Crippen LogP contribution in [0, 0.1) is 0 Å².